The molecular weight excluding hydrogens is 264 g/mol. The number of carbonyl (C=O) groups excluding carboxylic acids is 1. The van der Waals surface area contributed by atoms with E-state index < -0.39 is 0 Å². The number of nitrogens with one attached hydrogen (secondary N) is 1. The maximum atomic E-state index is 11.9. The van der Waals surface area contributed by atoms with E-state index in [-0.39, 0.29) is 5.91 Å². The van der Waals surface area contributed by atoms with Gasteiger partial charge in [0.25, 0.3) is 0 Å². The number of hydrogen-bond donors (Lipinski definition) is 2. The minimum Gasteiger partial charge on any atom is -0.376 e. The van der Waals surface area contributed by atoms with E-state index in [2.05, 4.69) is 5.32 Å². The summed E-state index contributed by atoms with van der Waals surface area (Å²) in [6.45, 7) is 1.32. The quantitative estimate of drug-likeness (QED) is 0.768. The number of para-hydroxylation sites is 1. The van der Waals surface area contributed by atoms with Crippen LogP contribution in [0.4, 0.5) is 5.69 Å². The van der Waals surface area contributed by atoms with E-state index in [4.69, 9.17) is 10.5 Å². The highest BCUT2D eigenvalue weighted by molar-refractivity contribution is 5.91. The van der Waals surface area contributed by atoms with Crippen molar-refractivity contribution in [2.24, 2.45) is 5.73 Å². The zero-order chi connectivity index (χ0) is 14.9. The molecule has 0 aliphatic carbocycles. The fourth-order valence-corrected chi connectivity index (χ4v) is 1.96. The first-order valence-electron chi connectivity index (χ1n) is 6.99. The van der Waals surface area contributed by atoms with Gasteiger partial charge >= 0.3 is 0 Å². The van der Waals surface area contributed by atoms with Gasteiger partial charge in [0.05, 0.1) is 19.6 Å². The monoisotopic (exact) mass is 284 g/mol. The van der Waals surface area contributed by atoms with Crippen LogP contribution in [0, 0.1) is 0 Å². The van der Waals surface area contributed by atoms with Crippen molar-refractivity contribution in [2.45, 2.75) is 19.6 Å². The standard InChI is InChI=1S/C17H20N2O2/c18-12-15-8-4-5-9-16(15)19-17(20)10-11-21-13-14-6-2-1-3-7-14/h1-9H,10-13,18H2,(H,19,20). The third-order valence-corrected chi connectivity index (χ3v) is 3.10. The molecule has 0 aliphatic rings. The number of nitrogens with two attached hydrogens (primary N) is 1. The zero-order valence-corrected chi connectivity index (χ0v) is 11.9. The van der Waals surface area contributed by atoms with Gasteiger partial charge in [-0.25, -0.2) is 0 Å². The number of amides is 1. The van der Waals surface area contributed by atoms with Crippen LogP contribution in [0.25, 0.3) is 0 Å². The molecular formula is C17H20N2O2. The first kappa shape index (κ1) is 15.2. The van der Waals surface area contributed by atoms with Gasteiger partial charge < -0.3 is 15.8 Å². The van der Waals surface area contributed by atoms with Crippen LogP contribution in [0.2, 0.25) is 0 Å². The summed E-state index contributed by atoms with van der Waals surface area (Å²) in [4.78, 5) is 11.9. The Morgan fingerprint density at radius 1 is 1.05 bits per heavy atom. The van der Waals surface area contributed by atoms with Crippen molar-refractivity contribution in [1.29, 1.82) is 0 Å². The second-order valence-corrected chi connectivity index (χ2v) is 4.70. The molecule has 0 radical (unpaired) electrons. The molecule has 110 valence electrons. The molecule has 0 unspecified atom stereocenters. The first-order valence-corrected chi connectivity index (χ1v) is 6.99. The summed E-state index contributed by atoms with van der Waals surface area (Å²) in [5.41, 5.74) is 8.44. The highest BCUT2D eigenvalue weighted by Gasteiger charge is 2.05. The maximum Gasteiger partial charge on any atom is 0.226 e. The van der Waals surface area contributed by atoms with Crippen molar-refractivity contribution in [2.75, 3.05) is 11.9 Å². The van der Waals surface area contributed by atoms with Gasteiger partial charge in [-0.05, 0) is 17.2 Å². The Labute approximate surface area is 124 Å². The number of carbonyl (C=O) groups is 1. The molecule has 0 atom stereocenters. The number of benzene rings is 2. The van der Waals surface area contributed by atoms with Crippen molar-refractivity contribution < 1.29 is 9.53 Å². The lowest BCUT2D eigenvalue weighted by Gasteiger charge is -2.09. The summed E-state index contributed by atoms with van der Waals surface area (Å²) in [5, 5.41) is 2.86. The fourth-order valence-electron chi connectivity index (χ4n) is 1.96. The highest BCUT2D eigenvalue weighted by atomic mass is 16.5. The topological polar surface area (TPSA) is 64.3 Å². The van der Waals surface area contributed by atoms with Crippen LogP contribution in [-0.4, -0.2) is 12.5 Å². The number of ether oxygens (including phenoxy) is 1. The van der Waals surface area contributed by atoms with E-state index >= 15 is 0 Å². The van der Waals surface area contributed by atoms with E-state index in [1.807, 2.05) is 54.6 Å². The van der Waals surface area contributed by atoms with Gasteiger partial charge in [0.15, 0.2) is 0 Å². The summed E-state index contributed by atoms with van der Waals surface area (Å²) in [7, 11) is 0. The SMILES string of the molecule is NCc1ccccc1NC(=O)CCOCc1ccccc1. The molecule has 0 aliphatic heterocycles. The molecule has 4 nitrogen and oxygen atoms in total. The number of anilines is 1. The van der Waals surface area contributed by atoms with Gasteiger partial charge in [-0.15, -0.1) is 0 Å². The lowest BCUT2D eigenvalue weighted by atomic mass is 10.2. The number of rotatable bonds is 7. The Hall–Kier alpha value is -2.17. The molecule has 0 aromatic heterocycles. The normalized spacial score (nSPS) is 10.3. The molecule has 0 bridgehead atoms. The van der Waals surface area contributed by atoms with Crippen LogP contribution >= 0.6 is 0 Å². The van der Waals surface area contributed by atoms with Gasteiger partial charge in [-0.2, -0.15) is 0 Å². The number of hydrogen-bond acceptors (Lipinski definition) is 3. The van der Waals surface area contributed by atoms with Crippen LogP contribution in [0.5, 0.6) is 0 Å². The Morgan fingerprint density at radius 2 is 1.76 bits per heavy atom. The molecule has 0 spiro atoms. The van der Waals surface area contributed by atoms with Gasteiger partial charge in [-0.3, -0.25) is 4.79 Å². The van der Waals surface area contributed by atoms with Gasteiger partial charge in [0.1, 0.15) is 0 Å². The van der Waals surface area contributed by atoms with Crippen LogP contribution in [-0.2, 0) is 22.7 Å². The molecule has 3 N–H and O–H groups in total. The summed E-state index contributed by atoms with van der Waals surface area (Å²) in [6, 6.07) is 17.4. The second kappa shape index (κ2) is 8.19. The van der Waals surface area contributed by atoms with E-state index in [1.165, 1.54) is 0 Å². The van der Waals surface area contributed by atoms with Gasteiger partial charge in [0, 0.05) is 12.2 Å². The lowest BCUT2D eigenvalue weighted by molar-refractivity contribution is -0.117. The summed E-state index contributed by atoms with van der Waals surface area (Å²) in [5.74, 6) is -0.0658. The predicted octanol–water partition coefficient (Wildman–Crippen LogP) is 2.69. The maximum absolute atomic E-state index is 11.9. The highest BCUT2D eigenvalue weighted by Crippen LogP contribution is 2.14. The summed E-state index contributed by atoms with van der Waals surface area (Å²) >= 11 is 0. The summed E-state index contributed by atoms with van der Waals surface area (Å²) < 4.78 is 5.50. The van der Waals surface area contributed by atoms with Crippen molar-refractivity contribution in [3.63, 3.8) is 0 Å². The third-order valence-electron chi connectivity index (χ3n) is 3.10. The third kappa shape index (κ3) is 5.02. The Balaban J connectivity index is 1.72. The van der Waals surface area contributed by atoms with Crippen LogP contribution in [0.1, 0.15) is 17.5 Å². The van der Waals surface area contributed by atoms with Crippen molar-refractivity contribution >= 4 is 11.6 Å². The summed E-state index contributed by atoms with van der Waals surface area (Å²) in [6.07, 6.45) is 0.325. The lowest BCUT2D eigenvalue weighted by Crippen LogP contribution is -2.16. The fraction of sp³-hybridized carbons (Fsp3) is 0.235. The first-order chi connectivity index (χ1) is 10.3. The van der Waals surface area contributed by atoms with Crippen molar-refractivity contribution in [1.82, 2.24) is 0 Å². The average molecular weight is 284 g/mol. The average Bonchev–Trinajstić information content (AvgIpc) is 2.53. The minimum atomic E-state index is -0.0658. The van der Waals surface area contributed by atoms with Crippen molar-refractivity contribution in [3.05, 3.63) is 65.7 Å². The Kier molecular flexibility index (Phi) is 5.94. The Bertz CT molecular complexity index is 570. The molecule has 0 heterocycles. The van der Waals surface area contributed by atoms with E-state index in [0.717, 1.165) is 16.8 Å². The molecule has 2 aromatic rings. The molecule has 0 saturated carbocycles. The van der Waals surface area contributed by atoms with Gasteiger partial charge in [-0.1, -0.05) is 48.5 Å². The molecule has 4 heteroatoms. The van der Waals surface area contributed by atoms with E-state index in [1.54, 1.807) is 0 Å². The van der Waals surface area contributed by atoms with E-state index in [9.17, 15) is 4.79 Å². The van der Waals surface area contributed by atoms with Gasteiger partial charge in [0.2, 0.25) is 5.91 Å². The minimum absolute atomic E-state index is 0.0658. The molecule has 0 saturated heterocycles. The largest absolute Gasteiger partial charge is 0.376 e. The smallest absolute Gasteiger partial charge is 0.226 e. The van der Waals surface area contributed by atoms with Crippen LogP contribution in [0.3, 0.4) is 0 Å². The van der Waals surface area contributed by atoms with E-state index in [0.29, 0.717) is 26.2 Å². The van der Waals surface area contributed by atoms with Crippen LogP contribution in [0.15, 0.2) is 54.6 Å². The molecule has 21 heavy (non-hydrogen) atoms. The van der Waals surface area contributed by atoms with Crippen molar-refractivity contribution in [3.8, 4) is 0 Å². The Morgan fingerprint density at radius 3 is 2.52 bits per heavy atom. The predicted molar refractivity (Wildman–Crippen MR) is 83.7 cm³/mol. The molecule has 1 amide bonds. The molecule has 2 aromatic carbocycles. The zero-order valence-electron chi connectivity index (χ0n) is 11.9. The van der Waals surface area contributed by atoms with Crippen LogP contribution < -0.4 is 11.1 Å². The molecule has 2 rings (SSSR count). The molecule has 0 fully saturated rings. The second-order valence-electron chi connectivity index (χ2n) is 4.70.